The second kappa shape index (κ2) is 9.28. The zero-order valence-electron chi connectivity index (χ0n) is 15.8. The molecule has 0 saturated carbocycles. The molecule has 6 heteroatoms. The maximum atomic E-state index is 12.0. The van der Waals surface area contributed by atoms with Crippen LogP contribution in [0, 0.1) is 5.41 Å². The maximum Gasteiger partial charge on any atom is 0.313 e. The summed E-state index contributed by atoms with van der Waals surface area (Å²) in [6.07, 6.45) is 0.153. The van der Waals surface area contributed by atoms with Gasteiger partial charge in [-0.1, -0.05) is 36.4 Å². The van der Waals surface area contributed by atoms with Crippen molar-refractivity contribution in [1.29, 1.82) is 0 Å². The van der Waals surface area contributed by atoms with Crippen LogP contribution in [-0.2, 0) is 30.3 Å². The normalized spacial score (nSPS) is 24.3. The summed E-state index contributed by atoms with van der Waals surface area (Å²) in [6, 6.07) is 9.77. The Balaban J connectivity index is 1.91. The van der Waals surface area contributed by atoms with Gasteiger partial charge in [-0.05, 0) is 32.4 Å². The van der Waals surface area contributed by atoms with Gasteiger partial charge >= 0.3 is 5.97 Å². The van der Waals surface area contributed by atoms with Crippen molar-refractivity contribution in [3.8, 4) is 0 Å². The minimum atomic E-state index is -0.870. The summed E-state index contributed by atoms with van der Waals surface area (Å²) >= 11 is 0. The van der Waals surface area contributed by atoms with Crippen LogP contribution in [0.2, 0.25) is 0 Å². The molecule has 0 amide bonds. The number of benzene rings is 1. The van der Waals surface area contributed by atoms with E-state index in [9.17, 15) is 9.90 Å². The molecule has 4 atom stereocenters. The summed E-state index contributed by atoms with van der Waals surface area (Å²) in [5, 5.41) is 10.2. The molecule has 0 saturated heterocycles. The molecule has 0 spiro atoms. The van der Waals surface area contributed by atoms with E-state index in [1.807, 2.05) is 30.3 Å². The number of carbonyl (C=O) groups is 1. The average Bonchev–Trinajstić information content (AvgIpc) is 2.61. The predicted molar refractivity (Wildman–Crippen MR) is 96.2 cm³/mol. The highest BCUT2D eigenvalue weighted by molar-refractivity contribution is 5.75. The molecule has 0 fully saturated rings. The van der Waals surface area contributed by atoms with E-state index in [0.29, 0.717) is 6.61 Å². The van der Waals surface area contributed by atoms with Crippen LogP contribution in [0.1, 0.15) is 26.3 Å². The van der Waals surface area contributed by atoms with Crippen LogP contribution in [0.25, 0.3) is 0 Å². The fourth-order valence-electron chi connectivity index (χ4n) is 2.42. The first-order valence-corrected chi connectivity index (χ1v) is 8.68. The van der Waals surface area contributed by atoms with E-state index in [4.69, 9.17) is 18.9 Å². The zero-order chi connectivity index (χ0) is 19.2. The second-order valence-corrected chi connectivity index (χ2v) is 7.27. The molecule has 144 valence electrons. The third kappa shape index (κ3) is 5.92. The highest BCUT2D eigenvalue weighted by atomic mass is 16.7. The van der Waals surface area contributed by atoms with E-state index in [2.05, 4.69) is 0 Å². The third-order valence-corrected chi connectivity index (χ3v) is 3.99. The van der Waals surface area contributed by atoms with Crippen LogP contribution in [0.15, 0.2) is 42.5 Å². The Hall–Kier alpha value is -1.73. The second-order valence-electron chi connectivity index (χ2n) is 7.27. The lowest BCUT2D eigenvalue weighted by Gasteiger charge is -2.34. The van der Waals surface area contributed by atoms with Gasteiger partial charge in [0.25, 0.3) is 0 Å². The van der Waals surface area contributed by atoms with E-state index >= 15 is 0 Å². The lowest BCUT2D eigenvalue weighted by Crippen LogP contribution is -2.47. The largest absolute Gasteiger partial charge is 0.432 e. The third-order valence-electron chi connectivity index (χ3n) is 3.99. The quantitative estimate of drug-likeness (QED) is 0.592. The van der Waals surface area contributed by atoms with Gasteiger partial charge in [0, 0.05) is 7.11 Å². The molecule has 26 heavy (non-hydrogen) atoms. The highest BCUT2D eigenvalue weighted by Crippen LogP contribution is 2.23. The Kier molecular flexibility index (Phi) is 7.34. The summed E-state index contributed by atoms with van der Waals surface area (Å²) < 4.78 is 22.2. The first-order valence-electron chi connectivity index (χ1n) is 8.68. The van der Waals surface area contributed by atoms with E-state index in [1.165, 1.54) is 13.2 Å². The molecule has 1 aliphatic heterocycles. The maximum absolute atomic E-state index is 12.0. The van der Waals surface area contributed by atoms with Crippen molar-refractivity contribution >= 4 is 5.97 Å². The molecule has 0 radical (unpaired) electrons. The Morgan fingerprint density at radius 2 is 1.92 bits per heavy atom. The molecule has 2 rings (SSSR count). The number of methoxy groups -OCH3 is 1. The van der Waals surface area contributed by atoms with E-state index in [0.717, 1.165) is 5.56 Å². The van der Waals surface area contributed by atoms with Crippen LogP contribution < -0.4 is 0 Å². The first-order chi connectivity index (χ1) is 12.3. The van der Waals surface area contributed by atoms with Crippen LogP contribution >= 0.6 is 0 Å². The van der Waals surface area contributed by atoms with Crippen molar-refractivity contribution in [3.05, 3.63) is 48.0 Å². The van der Waals surface area contributed by atoms with Gasteiger partial charge < -0.3 is 24.1 Å². The molecule has 0 aromatic heterocycles. The summed E-state index contributed by atoms with van der Waals surface area (Å²) in [7, 11) is 1.53. The van der Waals surface area contributed by atoms with E-state index in [-0.39, 0.29) is 12.6 Å². The first kappa shape index (κ1) is 20.6. The molecular formula is C20H28O6. The summed E-state index contributed by atoms with van der Waals surface area (Å²) in [5.74, 6) is -0.378. The molecule has 0 unspecified atom stereocenters. The van der Waals surface area contributed by atoms with Gasteiger partial charge in [-0.2, -0.15) is 0 Å². The fraction of sp³-hybridized carbons (Fsp3) is 0.550. The molecule has 0 aliphatic carbocycles. The number of aliphatic hydroxyl groups excluding tert-OH is 1. The number of esters is 1. The van der Waals surface area contributed by atoms with Crippen molar-refractivity contribution in [3.63, 3.8) is 0 Å². The van der Waals surface area contributed by atoms with Gasteiger partial charge in [0.05, 0.1) is 18.6 Å². The minimum absolute atomic E-state index is 0.237. The summed E-state index contributed by atoms with van der Waals surface area (Å²) in [4.78, 5) is 12.0. The zero-order valence-corrected chi connectivity index (χ0v) is 15.8. The average molecular weight is 364 g/mol. The summed E-state index contributed by atoms with van der Waals surface area (Å²) in [5.41, 5.74) is 0.409. The van der Waals surface area contributed by atoms with Crippen molar-refractivity contribution in [2.45, 2.75) is 52.0 Å². The van der Waals surface area contributed by atoms with E-state index < -0.39 is 30.0 Å². The van der Waals surface area contributed by atoms with Crippen LogP contribution in [0.5, 0.6) is 0 Å². The molecule has 1 heterocycles. The smallest absolute Gasteiger partial charge is 0.313 e. The van der Waals surface area contributed by atoms with Crippen molar-refractivity contribution in [2.24, 2.45) is 5.41 Å². The molecule has 0 bridgehead atoms. The number of hydrogen-bond donors (Lipinski definition) is 1. The number of aliphatic hydroxyl groups is 1. The van der Waals surface area contributed by atoms with Crippen molar-refractivity contribution in [1.82, 2.24) is 0 Å². The van der Waals surface area contributed by atoms with E-state index in [1.54, 1.807) is 26.8 Å². The highest BCUT2D eigenvalue weighted by Gasteiger charge is 2.36. The van der Waals surface area contributed by atoms with Gasteiger partial charge in [0.15, 0.2) is 0 Å². The fourth-order valence-corrected chi connectivity index (χ4v) is 2.42. The molecule has 1 N–H and O–H groups in total. The molecule has 1 aromatic carbocycles. The Morgan fingerprint density at radius 1 is 1.23 bits per heavy atom. The SMILES string of the molecule is CO[C@H](COCc1ccccc1)[C@@H]1O[C@@H](OC(=O)C(C)(C)C)C=C[C@H]1O. The van der Waals surface area contributed by atoms with Gasteiger partial charge in [-0.15, -0.1) is 0 Å². The summed E-state index contributed by atoms with van der Waals surface area (Å²) in [6.45, 7) is 5.97. The molecule has 6 nitrogen and oxygen atoms in total. The Labute approximate surface area is 154 Å². The Bertz CT molecular complexity index is 592. The van der Waals surface area contributed by atoms with Gasteiger partial charge in [0.2, 0.25) is 6.29 Å². The minimum Gasteiger partial charge on any atom is -0.432 e. The van der Waals surface area contributed by atoms with Crippen molar-refractivity contribution in [2.75, 3.05) is 13.7 Å². The predicted octanol–water partition coefficient (Wildman–Crippen LogP) is 2.45. The monoisotopic (exact) mass is 364 g/mol. The molecule has 1 aromatic rings. The van der Waals surface area contributed by atoms with Crippen LogP contribution in [0.4, 0.5) is 0 Å². The lowest BCUT2D eigenvalue weighted by atomic mass is 9.97. The van der Waals surface area contributed by atoms with Gasteiger partial charge in [-0.25, -0.2) is 0 Å². The number of hydrogen-bond acceptors (Lipinski definition) is 6. The molecule has 1 aliphatic rings. The lowest BCUT2D eigenvalue weighted by molar-refractivity contribution is -0.216. The number of ether oxygens (including phenoxy) is 4. The standard InChI is InChI=1S/C20H28O6/c1-20(2,3)19(22)26-17-11-10-15(21)18(25-17)16(23-4)13-24-12-14-8-6-5-7-9-14/h5-11,15-18,21H,12-13H2,1-4H3/t15-,16-,17+,18-/m1/s1. The number of carbonyl (C=O) groups excluding carboxylic acids is 1. The topological polar surface area (TPSA) is 74.2 Å². The van der Waals surface area contributed by atoms with Crippen LogP contribution in [-0.4, -0.2) is 49.4 Å². The number of rotatable bonds is 7. The Morgan fingerprint density at radius 3 is 2.54 bits per heavy atom. The molecular weight excluding hydrogens is 336 g/mol. The van der Waals surface area contributed by atoms with Gasteiger partial charge in [-0.3, -0.25) is 4.79 Å². The van der Waals surface area contributed by atoms with Gasteiger partial charge in [0.1, 0.15) is 18.3 Å². The van der Waals surface area contributed by atoms with Crippen molar-refractivity contribution < 1.29 is 28.8 Å². The van der Waals surface area contributed by atoms with Crippen LogP contribution in [0.3, 0.4) is 0 Å².